The van der Waals surface area contributed by atoms with Crippen LogP contribution in [0.25, 0.3) is 0 Å². The van der Waals surface area contributed by atoms with Gasteiger partial charge in [0, 0.05) is 37.2 Å². The molecule has 53 heavy (non-hydrogen) atoms. The fourth-order valence-corrected chi connectivity index (χ4v) is 8.30. The molecule has 0 radical (unpaired) electrons. The molecule has 0 aliphatic carbocycles. The average molecular weight is 789 g/mol. The summed E-state index contributed by atoms with van der Waals surface area (Å²) in [6.45, 7) is 4.26. The molecule has 8 nitrogen and oxygen atoms in total. The van der Waals surface area contributed by atoms with Gasteiger partial charge in [0.15, 0.2) is 6.10 Å². The summed E-state index contributed by atoms with van der Waals surface area (Å²) in [5.74, 6) is -0.346. The molecular weight excluding hydrogens is 709 g/mol. The summed E-state index contributed by atoms with van der Waals surface area (Å²) in [6, 6.07) is 0. The second-order valence-electron chi connectivity index (χ2n) is 14.7. The molecule has 0 bridgehead atoms. The predicted octanol–water partition coefficient (Wildman–Crippen LogP) is 13.0. The van der Waals surface area contributed by atoms with E-state index < -0.39 is 18.0 Å². The maximum Gasteiger partial charge on any atom is 0.306 e. The Hall–Kier alpha value is -1.42. The number of carbonyl (C=O) groups is 4. The van der Waals surface area contributed by atoms with E-state index in [2.05, 4.69) is 13.8 Å². The standard InChI is InChI=1S/C43H80O8S2/c1-3-5-7-9-11-13-15-17-19-21-23-25-27-32-41(46)49-37-39(51-43(48)34-30-36-53-52-35-29-31-40(44)45)38-50-42(47)33-28-26-24-22-20-18-16-14-12-10-8-6-4-2/h39H,3-38H2,1-2H3,(H,44,45). The Bertz CT molecular complexity index is 810. The van der Waals surface area contributed by atoms with Gasteiger partial charge in [0.2, 0.25) is 0 Å². The van der Waals surface area contributed by atoms with E-state index in [1.165, 1.54) is 128 Å². The van der Waals surface area contributed by atoms with Gasteiger partial charge in [-0.1, -0.05) is 190 Å². The van der Waals surface area contributed by atoms with Crippen LogP contribution in [0.2, 0.25) is 0 Å². The third-order valence-electron chi connectivity index (χ3n) is 9.44. The average Bonchev–Trinajstić information content (AvgIpc) is 3.14. The number of carboxylic acids is 1. The molecule has 0 unspecified atom stereocenters. The minimum Gasteiger partial charge on any atom is -0.481 e. The van der Waals surface area contributed by atoms with Crippen LogP contribution in [0.15, 0.2) is 0 Å². The number of aliphatic carboxylic acids is 1. The maximum atomic E-state index is 12.6. The highest BCUT2D eigenvalue weighted by Crippen LogP contribution is 2.24. The van der Waals surface area contributed by atoms with Crippen molar-refractivity contribution in [3.05, 3.63) is 0 Å². The molecule has 0 aliphatic rings. The zero-order valence-electron chi connectivity index (χ0n) is 34.2. The van der Waals surface area contributed by atoms with Gasteiger partial charge in [-0.15, -0.1) is 0 Å². The molecule has 0 atom stereocenters. The molecule has 0 aromatic rings. The van der Waals surface area contributed by atoms with Crippen molar-refractivity contribution >= 4 is 45.5 Å². The molecule has 0 aromatic carbocycles. The van der Waals surface area contributed by atoms with Gasteiger partial charge in [-0.3, -0.25) is 19.2 Å². The topological polar surface area (TPSA) is 116 Å². The number of hydrogen-bond acceptors (Lipinski definition) is 9. The first-order valence-corrected chi connectivity index (χ1v) is 24.3. The summed E-state index contributed by atoms with van der Waals surface area (Å²) in [6.07, 6.45) is 33.6. The Kier molecular flexibility index (Phi) is 40.6. The van der Waals surface area contributed by atoms with Crippen molar-refractivity contribution in [1.29, 1.82) is 0 Å². The van der Waals surface area contributed by atoms with Crippen molar-refractivity contribution in [1.82, 2.24) is 0 Å². The number of ether oxygens (including phenoxy) is 3. The van der Waals surface area contributed by atoms with Crippen molar-refractivity contribution < 1.29 is 38.5 Å². The Morgan fingerprint density at radius 1 is 0.415 bits per heavy atom. The lowest BCUT2D eigenvalue weighted by Gasteiger charge is -2.18. The van der Waals surface area contributed by atoms with Gasteiger partial charge >= 0.3 is 23.9 Å². The van der Waals surface area contributed by atoms with Crippen molar-refractivity contribution in [2.75, 3.05) is 24.7 Å². The Morgan fingerprint density at radius 2 is 0.717 bits per heavy atom. The Balaban J connectivity index is 4.29. The number of carboxylic acid groups (broad SMARTS) is 1. The van der Waals surface area contributed by atoms with Crippen molar-refractivity contribution in [2.45, 2.75) is 225 Å². The molecule has 10 heteroatoms. The Morgan fingerprint density at radius 3 is 1.06 bits per heavy atom. The SMILES string of the molecule is CCCCCCCCCCCCCCCC(=O)OCC(COC(=O)CCCCCCCCCCCCCCC)OC(=O)CCCSSCCCC(=O)O. The van der Waals surface area contributed by atoms with Crippen molar-refractivity contribution in [3.63, 3.8) is 0 Å². The van der Waals surface area contributed by atoms with Crippen LogP contribution in [0.1, 0.15) is 219 Å². The first kappa shape index (κ1) is 51.6. The molecule has 0 fully saturated rings. The summed E-state index contributed by atoms with van der Waals surface area (Å²) in [4.78, 5) is 48.2. The largest absolute Gasteiger partial charge is 0.481 e. The molecule has 0 spiro atoms. The molecule has 0 saturated carbocycles. The van der Waals surface area contributed by atoms with E-state index in [1.54, 1.807) is 21.6 Å². The first-order chi connectivity index (χ1) is 25.9. The van der Waals surface area contributed by atoms with E-state index in [0.29, 0.717) is 25.7 Å². The summed E-state index contributed by atoms with van der Waals surface area (Å²) in [5.41, 5.74) is 0. The van der Waals surface area contributed by atoms with Crippen LogP contribution in [0, 0.1) is 0 Å². The van der Waals surface area contributed by atoms with Gasteiger partial charge in [0.1, 0.15) is 13.2 Å². The van der Waals surface area contributed by atoms with Gasteiger partial charge in [0.25, 0.3) is 0 Å². The molecule has 0 aliphatic heterocycles. The quantitative estimate of drug-likeness (QED) is 0.0277. The first-order valence-electron chi connectivity index (χ1n) is 21.9. The fraction of sp³-hybridized carbons (Fsp3) is 0.907. The minimum absolute atomic E-state index is 0.122. The van der Waals surface area contributed by atoms with E-state index in [9.17, 15) is 19.2 Å². The van der Waals surface area contributed by atoms with Crippen LogP contribution in [-0.2, 0) is 33.4 Å². The normalized spacial score (nSPS) is 11.2. The van der Waals surface area contributed by atoms with E-state index >= 15 is 0 Å². The van der Waals surface area contributed by atoms with Crippen LogP contribution >= 0.6 is 21.6 Å². The number of hydrogen-bond donors (Lipinski definition) is 1. The highest BCUT2D eigenvalue weighted by atomic mass is 33.1. The molecule has 0 heterocycles. The zero-order valence-corrected chi connectivity index (χ0v) is 35.8. The fourth-order valence-electron chi connectivity index (χ4n) is 6.13. The monoisotopic (exact) mass is 789 g/mol. The summed E-state index contributed by atoms with van der Waals surface area (Å²) < 4.78 is 16.5. The summed E-state index contributed by atoms with van der Waals surface area (Å²) in [7, 11) is 3.21. The van der Waals surface area contributed by atoms with Crippen molar-refractivity contribution in [3.8, 4) is 0 Å². The number of unbranched alkanes of at least 4 members (excludes halogenated alkanes) is 24. The highest BCUT2D eigenvalue weighted by Gasteiger charge is 2.19. The van der Waals surface area contributed by atoms with Crippen LogP contribution < -0.4 is 0 Å². The molecule has 0 rings (SSSR count). The predicted molar refractivity (Wildman–Crippen MR) is 223 cm³/mol. The smallest absolute Gasteiger partial charge is 0.306 e. The van der Waals surface area contributed by atoms with Gasteiger partial charge in [-0.25, -0.2) is 0 Å². The van der Waals surface area contributed by atoms with Crippen LogP contribution in [0.5, 0.6) is 0 Å². The van der Waals surface area contributed by atoms with Gasteiger partial charge in [-0.05, 0) is 25.7 Å². The molecule has 0 aromatic heterocycles. The van der Waals surface area contributed by atoms with Crippen molar-refractivity contribution in [2.24, 2.45) is 0 Å². The third-order valence-corrected chi connectivity index (χ3v) is 12.0. The molecule has 0 saturated heterocycles. The second kappa shape index (κ2) is 41.7. The van der Waals surface area contributed by atoms with E-state index in [4.69, 9.17) is 19.3 Å². The van der Waals surface area contributed by atoms with Crippen LogP contribution in [-0.4, -0.2) is 59.8 Å². The lowest BCUT2D eigenvalue weighted by Crippen LogP contribution is -2.31. The zero-order chi connectivity index (χ0) is 38.9. The highest BCUT2D eigenvalue weighted by molar-refractivity contribution is 8.76. The minimum atomic E-state index is -0.827. The number of carbonyl (C=O) groups excluding carboxylic acids is 3. The lowest BCUT2D eigenvalue weighted by atomic mass is 10.0. The maximum absolute atomic E-state index is 12.6. The number of esters is 3. The number of rotatable bonds is 42. The van der Waals surface area contributed by atoms with Gasteiger partial charge in [-0.2, -0.15) is 0 Å². The van der Waals surface area contributed by atoms with Gasteiger partial charge < -0.3 is 19.3 Å². The van der Waals surface area contributed by atoms with Crippen LogP contribution in [0.3, 0.4) is 0 Å². The van der Waals surface area contributed by atoms with E-state index in [-0.39, 0.29) is 38.0 Å². The molecule has 1 N–H and O–H groups in total. The van der Waals surface area contributed by atoms with E-state index in [0.717, 1.165) is 50.0 Å². The molecule has 0 amide bonds. The van der Waals surface area contributed by atoms with E-state index in [1.807, 2.05) is 0 Å². The third kappa shape index (κ3) is 41.6. The van der Waals surface area contributed by atoms with Gasteiger partial charge in [0.05, 0.1) is 0 Å². The molecule has 312 valence electrons. The molecular formula is C43H80O8S2. The second-order valence-corrected chi connectivity index (χ2v) is 17.4. The Labute approximate surface area is 332 Å². The summed E-state index contributed by atoms with van der Waals surface area (Å²) in [5, 5.41) is 8.73. The van der Waals surface area contributed by atoms with Crippen LogP contribution in [0.4, 0.5) is 0 Å². The summed E-state index contributed by atoms with van der Waals surface area (Å²) >= 11 is 0. The lowest BCUT2D eigenvalue weighted by molar-refractivity contribution is -0.166.